The molecule has 4 aromatic rings. The molecule has 5 rings (SSSR count). The molecule has 150 valence electrons. The number of fused-ring (bicyclic) bond motifs is 1. The van der Waals surface area contributed by atoms with Crippen LogP contribution in [0.4, 0.5) is 0 Å². The van der Waals surface area contributed by atoms with Gasteiger partial charge in [0, 0.05) is 48.9 Å². The molecule has 1 aliphatic rings. The normalized spacial score (nSPS) is 16.7. The summed E-state index contributed by atoms with van der Waals surface area (Å²) < 4.78 is 1.83. The molecule has 0 saturated carbocycles. The van der Waals surface area contributed by atoms with Crippen molar-refractivity contribution in [2.75, 3.05) is 13.1 Å². The van der Waals surface area contributed by atoms with E-state index >= 15 is 0 Å². The average molecular weight is 398 g/mol. The van der Waals surface area contributed by atoms with Crippen molar-refractivity contribution < 1.29 is 4.79 Å². The summed E-state index contributed by atoms with van der Waals surface area (Å²) in [6, 6.07) is 13.5. The van der Waals surface area contributed by atoms with E-state index in [-0.39, 0.29) is 11.8 Å². The highest BCUT2D eigenvalue weighted by Crippen LogP contribution is 2.27. The molecule has 0 aliphatic carbocycles. The molecule has 0 unspecified atom stereocenters. The number of likely N-dealkylation sites (tertiary alicyclic amines) is 1. The largest absolute Gasteiger partial charge is 0.337 e. The molecule has 0 aromatic carbocycles. The van der Waals surface area contributed by atoms with Crippen LogP contribution in [0, 0.1) is 6.92 Å². The molecule has 1 aliphatic heterocycles. The third kappa shape index (κ3) is 3.54. The highest BCUT2D eigenvalue weighted by Gasteiger charge is 2.28. The van der Waals surface area contributed by atoms with Crippen molar-refractivity contribution in [1.29, 1.82) is 0 Å². The highest BCUT2D eigenvalue weighted by atomic mass is 16.2. The Labute approximate surface area is 174 Å². The van der Waals surface area contributed by atoms with Crippen molar-refractivity contribution >= 4 is 11.6 Å². The summed E-state index contributed by atoms with van der Waals surface area (Å²) in [4.78, 5) is 28.0. The Kier molecular flexibility index (Phi) is 4.71. The summed E-state index contributed by atoms with van der Waals surface area (Å²) in [5.74, 6) is 0.889. The van der Waals surface area contributed by atoms with Crippen molar-refractivity contribution in [2.24, 2.45) is 0 Å². The minimum absolute atomic E-state index is 0.0212. The molecule has 0 radical (unpaired) electrons. The second kappa shape index (κ2) is 7.67. The molecule has 7 nitrogen and oxygen atoms in total. The van der Waals surface area contributed by atoms with E-state index in [1.165, 1.54) is 0 Å². The molecule has 1 saturated heterocycles. The van der Waals surface area contributed by atoms with Gasteiger partial charge in [0.2, 0.25) is 0 Å². The lowest BCUT2D eigenvalue weighted by atomic mass is 9.97. The van der Waals surface area contributed by atoms with Crippen molar-refractivity contribution in [3.05, 3.63) is 78.3 Å². The Morgan fingerprint density at radius 2 is 1.90 bits per heavy atom. The smallest absolute Gasteiger partial charge is 0.272 e. The Balaban J connectivity index is 1.39. The Bertz CT molecular complexity index is 1200. The van der Waals surface area contributed by atoms with Crippen LogP contribution < -0.4 is 0 Å². The van der Waals surface area contributed by atoms with Crippen LogP contribution in [0.3, 0.4) is 0 Å². The zero-order valence-electron chi connectivity index (χ0n) is 16.8. The van der Waals surface area contributed by atoms with Gasteiger partial charge in [-0.15, -0.1) is 0 Å². The molecule has 1 amide bonds. The van der Waals surface area contributed by atoms with Crippen molar-refractivity contribution in [1.82, 2.24) is 29.5 Å². The van der Waals surface area contributed by atoms with E-state index in [0.29, 0.717) is 12.2 Å². The summed E-state index contributed by atoms with van der Waals surface area (Å²) in [7, 11) is 0. The van der Waals surface area contributed by atoms with Crippen molar-refractivity contribution in [3.8, 4) is 11.1 Å². The molecule has 7 heteroatoms. The Morgan fingerprint density at radius 3 is 2.73 bits per heavy atom. The van der Waals surface area contributed by atoms with Crippen LogP contribution in [0.2, 0.25) is 0 Å². The summed E-state index contributed by atoms with van der Waals surface area (Å²) >= 11 is 0. The van der Waals surface area contributed by atoms with E-state index in [1.807, 2.05) is 58.9 Å². The number of aromatic nitrogens is 5. The number of hydrogen-bond acceptors (Lipinski definition) is 5. The number of nitrogens with zero attached hydrogens (tertiary/aromatic N) is 6. The van der Waals surface area contributed by atoms with E-state index in [2.05, 4.69) is 9.97 Å². The van der Waals surface area contributed by atoms with Gasteiger partial charge in [0.15, 0.2) is 11.5 Å². The minimum Gasteiger partial charge on any atom is -0.337 e. The maximum Gasteiger partial charge on any atom is 0.272 e. The molecule has 1 atom stereocenters. The van der Waals surface area contributed by atoms with Gasteiger partial charge in [-0.25, -0.2) is 14.5 Å². The van der Waals surface area contributed by atoms with Crippen LogP contribution in [0.5, 0.6) is 0 Å². The number of rotatable bonds is 3. The number of carbonyl (C=O) groups is 1. The standard InChI is InChI=1S/C23H22N6O/c1-16-4-2-6-20(25-16)23(30)28-13-3-5-19(14-28)22-26-21-8-7-18(15-29(21)27-22)17-9-11-24-12-10-17/h2,4,6-12,15,19H,3,5,13-14H2,1H3/t19-/m0/s1. The first kappa shape index (κ1) is 18.4. The lowest BCUT2D eigenvalue weighted by Crippen LogP contribution is -2.39. The maximum absolute atomic E-state index is 12.9. The molecule has 0 N–H and O–H groups in total. The zero-order chi connectivity index (χ0) is 20.5. The summed E-state index contributed by atoms with van der Waals surface area (Å²) in [6.07, 6.45) is 7.45. The third-order valence-electron chi connectivity index (χ3n) is 5.54. The predicted octanol–water partition coefficient (Wildman–Crippen LogP) is 3.51. The van der Waals surface area contributed by atoms with Crippen LogP contribution in [0.15, 0.2) is 61.1 Å². The molecule has 0 spiro atoms. The van der Waals surface area contributed by atoms with E-state index in [4.69, 9.17) is 10.1 Å². The second-order valence-electron chi connectivity index (χ2n) is 7.68. The monoisotopic (exact) mass is 398 g/mol. The highest BCUT2D eigenvalue weighted by molar-refractivity contribution is 5.92. The van der Waals surface area contributed by atoms with Gasteiger partial charge in [-0.1, -0.05) is 6.07 Å². The Hall–Kier alpha value is -3.61. The van der Waals surface area contributed by atoms with Crippen LogP contribution in [0.25, 0.3) is 16.8 Å². The number of piperidine rings is 1. The van der Waals surface area contributed by atoms with Gasteiger partial charge in [-0.05, 0) is 61.7 Å². The topological polar surface area (TPSA) is 76.3 Å². The fourth-order valence-corrected chi connectivity index (χ4v) is 3.98. The first-order valence-corrected chi connectivity index (χ1v) is 10.2. The number of carbonyl (C=O) groups excluding carboxylic acids is 1. The average Bonchev–Trinajstić information content (AvgIpc) is 3.23. The van der Waals surface area contributed by atoms with Gasteiger partial charge >= 0.3 is 0 Å². The molecule has 30 heavy (non-hydrogen) atoms. The van der Waals surface area contributed by atoms with E-state index < -0.39 is 0 Å². The van der Waals surface area contributed by atoms with Crippen LogP contribution in [0.1, 0.15) is 40.8 Å². The fourth-order valence-electron chi connectivity index (χ4n) is 3.98. The summed E-state index contributed by atoms with van der Waals surface area (Å²) in [5, 5.41) is 4.74. The predicted molar refractivity (Wildman–Crippen MR) is 113 cm³/mol. The van der Waals surface area contributed by atoms with Crippen LogP contribution >= 0.6 is 0 Å². The number of hydrogen-bond donors (Lipinski definition) is 0. The number of pyridine rings is 3. The lowest BCUT2D eigenvalue weighted by molar-refractivity contribution is 0.0698. The van der Waals surface area contributed by atoms with Gasteiger partial charge in [0.05, 0.1) is 0 Å². The molecule has 0 bridgehead atoms. The Morgan fingerprint density at radius 1 is 1.03 bits per heavy atom. The van der Waals surface area contributed by atoms with E-state index in [0.717, 1.165) is 47.7 Å². The molecular formula is C23H22N6O. The third-order valence-corrected chi connectivity index (χ3v) is 5.54. The maximum atomic E-state index is 12.9. The first-order chi connectivity index (χ1) is 14.7. The van der Waals surface area contributed by atoms with E-state index in [1.54, 1.807) is 18.5 Å². The minimum atomic E-state index is -0.0212. The van der Waals surface area contributed by atoms with Gasteiger partial charge in [-0.2, -0.15) is 5.10 Å². The van der Waals surface area contributed by atoms with Crippen LogP contribution in [-0.2, 0) is 0 Å². The van der Waals surface area contributed by atoms with Crippen molar-refractivity contribution in [3.63, 3.8) is 0 Å². The van der Waals surface area contributed by atoms with Gasteiger partial charge in [0.1, 0.15) is 5.69 Å². The zero-order valence-corrected chi connectivity index (χ0v) is 16.8. The first-order valence-electron chi connectivity index (χ1n) is 10.2. The summed E-state index contributed by atoms with van der Waals surface area (Å²) in [6.45, 7) is 3.25. The molecular weight excluding hydrogens is 376 g/mol. The fraction of sp³-hybridized carbons (Fsp3) is 0.261. The van der Waals surface area contributed by atoms with E-state index in [9.17, 15) is 4.79 Å². The second-order valence-corrected chi connectivity index (χ2v) is 7.68. The quantitative estimate of drug-likeness (QED) is 0.528. The van der Waals surface area contributed by atoms with Gasteiger partial charge < -0.3 is 4.90 Å². The molecule has 4 aromatic heterocycles. The number of aryl methyl sites for hydroxylation is 1. The summed E-state index contributed by atoms with van der Waals surface area (Å²) in [5.41, 5.74) is 4.31. The SMILES string of the molecule is Cc1cccc(C(=O)N2CCC[C@H](c3nc4ccc(-c5ccncc5)cn4n3)C2)n1. The van der Waals surface area contributed by atoms with Crippen LogP contribution in [-0.4, -0.2) is 48.5 Å². The van der Waals surface area contributed by atoms with Gasteiger partial charge in [0.25, 0.3) is 5.91 Å². The van der Waals surface area contributed by atoms with Gasteiger partial charge in [-0.3, -0.25) is 9.78 Å². The van der Waals surface area contributed by atoms with Crippen molar-refractivity contribution in [2.45, 2.75) is 25.7 Å². The number of amides is 1. The molecule has 1 fully saturated rings. The molecule has 5 heterocycles. The lowest BCUT2D eigenvalue weighted by Gasteiger charge is -2.31.